The van der Waals surface area contributed by atoms with Gasteiger partial charge < -0.3 is 9.47 Å². The standard InChI is InChI=1S/C18H12BrNO5/c1-24-17-8-6-11(10-15(17)20(22)23)18(21)25-16-9-7-14(19)12-4-2-3-5-13(12)16/h2-10H,1H3. The summed E-state index contributed by atoms with van der Waals surface area (Å²) < 4.78 is 11.3. The first-order valence-electron chi connectivity index (χ1n) is 7.23. The summed E-state index contributed by atoms with van der Waals surface area (Å²) in [6.45, 7) is 0. The Morgan fingerprint density at radius 1 is 1.04 bits per heavy atom. The zero-order valence-electron chi connectivity index (χ0n) is 13.1. The Morgan fingerprint density at radius 2 is 1.72 bits per heavy atom. The lowest BCUT2D eigenvalue weighted by Gasteiger charge is -2.09. The highest BCUT2D eigenvalue weighted by atomic mass is 79.9. The minimum atomic E-state index is -0.682. The van der Waals surface area contributed by atoms with Crippen molar-refractivity contribution < 1.29 is 19.2 Å². The number of nitrogens with zero attached hydrogens (tertiary/aromatic N) is 1. The SMILES string of the molecule is COc1ccc(C(=O)Oc2ccc(Br)c3ccccc23)cc1[N+](=O)[O-]. The zero-order valence-corrected chi connectivity index (χ0v) is 14.6. The van der Waals surface area contributed by atoms with Gasteiger partial charge in [0.2, 0.25) is 0 Å². The van der Waals surface area contributed by atoms with E-state index in [1.165, 1.54) is 19.2 Å². The number of nitro groups is 1. The van der Waals surface area contributed by atoms with E-state index in [1.807, 2.05) is 24.3 Å². The predicted molar refractivity (Wildman–Crippen MR) is 96.3 cm³/mol. The number of nitro benzene ring substituents is 1. The van der Waals surface area contributed by atoms with Gasteiger partial charge in [0, 0.05) is 15.9 Å². The average Bonchev–Trinajstić information content (AvgIpc) is 2.63. The molecule has 0 bridgehead atoms. The fraction of sp³-hybridized carbons (Fsp3) is 0.0556. The van der Waals surface area contributed by atoms with Gasteiger partial charge in [-0.05, 0) is 29.7 Å². The molecule has 0 amide bonds. The number of esters is 1. The zero-order chi connectivity index (χ0) is 18.0. The molecular weight excluding hydrogens is 390 g/mol. The highest BCUT2D eigenvalue weighted by Gasteiger charge is 2.20. The van der Waals surface area contributed by atoms with Crippen molar-refractivity contribution in [1.29, 1.82) is 0 Å². The summed E-state index contributed by atoms with van der Waals surface area (Å²) in [6, 6.07) is 14.8. The number of ether oxygens (including phenoxy) is 2. The third-order valence-corrected chi connectivity index (χ3v) is 4.34. The summed E-state index contributed by atoms with van der Waals surface area (Å²) in [4.78, 5) is 22.9. The molecule has 0 aliphatic rings. The maximum Gasteiger partial charge on any atom is 0.343 e. The molecule has 7 heteroatoms. The number of carbonyl (C=O) groups excluding carboxylic acids is 1. The molecule has 0 unspecified atom stereocenters. The van der Waals surface area contributed by atoms with Crippen molar-refractivity contribution in [3.63, 3.8) is 0 Å². The lowest BCUT2D eigenvalue weighted by molar-refractivity contribution is -0.385. The van der Waals surface area contributed by atoms with Crippen LogP contribution < -0.4 is 9.47 Å². The van der Waals surface area contributed by atoms with Crippen LogP contribution in [-0.2, 0) is 0 Å². The summed E-state index contributed by atoms with van der Waals surface area (Å²) in [5.74, 6) is -0.226. The summed E-state index contributed by atoms with van der Waals surface area (Å²) in [6.07, 6.45) is 0. The molecule has 0 N–H and O–H groups in total. The average molecular weight is 402 g/mol. The van der Waals surface area contributed by atoms with Gasteiger partial charge in [-0.1, -0.05) is 40.2 Å². The van der Waals surface area contributed by atoms with Crippen LogP contribution in [0.3, 0.4) is 0 Å². The molecule has 6 nitrogen and oxygen atoms in total. The van der Waals surface area contributed by atoms with E-state index in [4.69, 9.17) is 9.47 Å². The number of halogens is 1. The van der Waals surface area contributed by atoms with Gasteiger partial charge in [-0.25, -0.2) is 4.79 Å². The Morgan fingerprint density at radius 3 is 2.40 bits per heavy atom. The van der Waals surface area contributed by atoms with Gasteiger partial charge >= 0.3 is 11.7 Å². The minimum absolute atomic E-state index is 0.0690. The van der Waals surface area contributed by atoms with Crippen LogP contribution in [0.4, 0.5) is 5.69 Å². The van der Waals surface area contributed by atoms with Gasteiger partial charge in [0.25, 0.3) is 0 Å². The molecule has 0 saturated heterocycles. The third kappa shape index (κ3) is 3.32. The Balaban J connectivity index is 1.97. The lowest BCUT2D eigenvalue weighted by Crippen LogP contribution is -2.09. The summed E-state index contributed by atoms with van der Waals surface area (Å²) in [5, 5.41) is 12.7. The molecule has 0 aliphatic heterocycles. The first kappa shape index (κ1) is 16.9. The van der Waals surface area contributed by atoms with Crippen molar-refractivity contribution in [2.75, 3.05) is 7.11 Å². The number of carbonyl (C=O) groups is 1. The van der Waals surface area contributed by atoms with Crippen LogP contribution in [0.1, 0.15) is 10.4 Å². The maximum atomic E-state index is 12.4. The van der Waals surface area contributed by atoms with Gasteiger partial charge in [-0.15, -0.1) is 0 Å². The van der Waals surface area contributed by atoms with Gasteiger partial charge in [-0.2, -0.15) is 0 Å². The molecule has 0 radical (unpaired) electrons. The van der Waals surface area contributed by atoms with E-state index in [0.717, 1.165) is 21.3 Å². The van der Waals surface area contributed by atoms with Crippen molar-refractivity contribution >= 4 is 38.4 Å². The minimum Gasteiger partial charge on any atom is -0.490 e. The van der Waals surface area contributed by atoms with Crippen LogP contribution in [-0.4, -0.2) is 18.0 Å². The summed E-state index contributed by atoms with van der Waals surface area (Å²) in [5.41, 5.74) is -0.225. The van der Waals surface area contributed by atoms with Crippen LogP contribution >= 0.6 is 15.9 Å². The lowest BCUT2D eigenvalue weighted by atomic mass is 10.1. The molecule has 0 heterocycles. The van der Waals surface area contributed by atoms with Crippen molar-refractivity contribution in [1.82, 2.24) is 0 Å². The Kier molecular flexibility index (Phi) is 4.67. The van der Waals surface area contributed by atoms with Crippen LogP contribution in [0.5, 0.6) is 11.5 Å². The molecule has 126 valence electrons. The molecule has 0 saturated carbocycles. The van der Waals surface area contributed by atoms with Crippen molar-refractivity contribution in [3.05, 3.63) is 74.7 Å². The molecular formula is C18H12BrNO5. The third-order valence-electron chi connectivity index (χ3n) is 3.64. The van der Waals surface area contributed by atoms with Crippen LogP contribution in [0.2, 0.25) is 0 Å². The topological polar surface area (TPSA) is 78.7 Å². The van der Waals surface area contributed by atoms with Crippen LogP contribution in [0.25, 0.3) is 10.8 Å². The second-order valence-electron chi connectivity index (χ2n) is 5.12. The van der Waals surface area contributed by atoms with Gasteiger partial charge in [-0.3, -0.25) is 10.1 Å². The van der Waals surface area contributed by atoms with E-state index < -0.39 is 10.9 Å². The van der Waals surface area contributed by atoms with Crippen molar-refractivity contribution in [2.24, 2.45) is 0 Å². The predicted octanol–water partition coefficient (Wildman–Crippen LogP) is 4.74. The number of rotatable bonds is 4. The molecule has 25 heavy (non-hydrogen) atoms. The molecule has 3 aromatic rings. The largest absolute Gasteiger partial charge is 0.490 e. The number of benzene rings is 3. The molecule has 0 aliphatic carbocycles. The van der Waals surface area contributed by atoms with E-state index in [1.54, 1.807) is 12.1 Å². The Bertz CT molecular complexity index is 986. The summed E-state index contributed by atoms with van der Waals surface area (Å²) >= 11 is 3.45. The second-order valence-corrected chi connectivity index (χ2v) is 5.98. The second kappa shape index (κ2) is 6.90. The summed E-state index contributed by atoms with van der Waals surface area (Å²) in [7, 11) is 1.33. The number of hydrogen-bond donors (Lipinski definition) is 0. The molecule has 3 rings (SSSR count). The normalized spacial score (nSPS) is 10.5. The first-order valence-corrected chi connectivity index (χ1v) is 8.02. The van der Waals surface area contributed by atoms with Gasteiger partial charge in [0.15, 0.2) is 5.75 Å². The monoisotopic (exact) mass is 401 g/mol. The number of fused-ring (bicyclic) bond motifs is 1. The fourth-order valence-electron chi connectivity index (χ4n) is 2.44. The van der Waals surface area contributed by atoms with Gasteiger partial charge in [0.05, 0.1) is 17.6 Å². The Labute approximate surface area is 151 Å². The molecule has 0 spiro atoms. The van der Waals surface area contributed by atoms with E-state index in [9.17, 15) is 14.9 Å². The highest BCUT2D eigenvalue weighted by molar-refractivity contribution is 9.10. The van der Waals surface area contributed by atoms with Crippen LogP contribution in [0.15, 0.2) is 59.1 Å². The highest BCUT2D eigenvalue weighted by Crippen LogP contribution is 2.33. The van der Waals surface area contributed by atoms with E-state index in [2.05, 4.69) is 15.9 Å². The Hall–Kier alpha value is -2.93. The van der Waals surface area contributed by atoms with Gasteiger partial charge in [0.1, 0.15) is 5.75 Å². The quantitative estimate of drug-likeness (QED) is 0.273. The molecule has 0 aromatic heterocycles. The number of methoxy groups -OCH3 is 1. The van der Waals surface area contributed by atoms with E-state index in [0.29, 0.717) is 5.75 Å². The number of hydrogen-bond acceptors (Lipinski definition) is 5. The van der Waals surface area contributed by atoms with E-state index >= 15 is 0 Å². The molecule has 0 atom stereocenters. The van der Waals surface area contributed by atoms with Crippen molar-refractivity contribution in [3.8, 4) is 11.5 Å². The maximum absolute atomic E-state index is 12.4. The van der Waals surface area contributed by atoms with E-state index in [-0.39, 0.29) is 17.0 Å². The fourth-order valence-corrected chi connectivity index (χ4v) is 2.92. The molecule has 0 fully saturated rings. The smallest absolute Gasteiger partial charge is 0.343 e. The van der Waals surface area contributed by atoms with Crippen molar-refractivity contribution in [2.45, 2.75) is 0 Å². The first-order chi connectivity index (χ1) is 12.0. The molecule has 3 aromatic carbocycles. The van der Waals surface area contributed by atoms with Crippen LogP contribution in [0, 0.1) is 10.1 Å².